The maximum absolute atomic E-state index is 11.8. The molecule has 0 spiro atoms. The van der Waals surface area contributed by atoms with E-state index in [-0.39, 0.29) is 18.4 Å². The van der Waals surface area contributed by atoms with Crippen molar-refractivity contribution in [1.82, 2.24) is 10.6 Å². The highest BCUT2D eigenvalue weighted by molar-refractivity contribution is 9.10. The fourth-order valence-electron chi connectivity index (χ4n) is 1.36. The molecule has 0 bridgehead atoms. The first-order chi connectivity index (χ1) is 9.02. The first-order valence-corrected chi connectivity index (χ1v) is 6.42. The van der Waals surface area contributed by atoms with E-state index in [2.05, 4.69) is 26.6 Å². The molecule has 0 saturated heterocycles. The van der Waals surface area contributed by atoms with Crippen LogP contribution in [0.3, 0.4) is 0 Å². The van der Waals surface area contributed by atoms with Crippen LogP contribution in [0.15, 0.2) is 22.7 Å². The molecule has 104 valence electrons. The van der Waals surface area contributed by atoms with Gasteiger partial charge in [0.05, 0.1) is 13.2 Å². The molecule has 0 aliphatic rings. The summed E-state index contributed by atoms with van der Waals surface area (Å²) in [5, 5.41) is 5.11. The van der Waals surface area contributed by atoms with Crippen molar-refractivity contribution >= 4 is 33.4 Å². The number of rotatable bonds is 6. The minimum absolute atomic E-state index is 0.0883. The van der Waals surface area contributed by atoms with E-state index in [4.69, 9.17) is 10.5 Å². The smallest absolute Gasteiger partial charge is 0.251 e. The number of halogens is 1. The molecular formula is C12H16BrN3O3. The van der Waals surface area contributed by atoms with E-state index in [0.29, 0.717) is 28.9 Å². The molecule has 0 radical (unpaired) electrons. The fraction of sp³-hybridized carbons (Fsp3) is 0.333. The van der Waals surface area contributed by atoms with Crippen molar-refractivity contribution in [2.75, 3.05) is 32.5 Å². The van der Waals surface area contributed by atoms with Crippen LogP contribution in [0.1, 0.15) is 10.4 Å². The Morgan fingerprint density at radius 3 is 2.68 bits per heavy atom. The van der Waals surface area contributed by atoms with Crippen LogP contribution in [0, 0.1) is 0 Å². The highest BCUT2D eigenvalue weighted by Gasteiger charge is 2.09. The number of carbonyl (C=O) groups excluding carboxylic acids is 2. The molecule has 0 unspecified atom stereocenters. The molecule has 0 aliphatic carbocycles. The van der Waals surface area contributed by atoms with Gasteiger partial charge in [-0.3, -0.25) is 9.59 Å². The number of benzene rings is 1. The summed E-state index contributed by atoms with van der Waals surface area (Å²) >= 11 is 3.25. The normalized spacial score (nSPS) is 10.0. The third kappa shape index (κ3) is 5.71. The molecule has 6 nitrogen and oxygen atoms in total. The van der Waals surface area contributed by atoms with E-state index in [0.717, 1.165) is 0 Å². The first kappa shape index (κ1) is 15.5. The third-order valence-corrected chi connectivity index (χ3v) is 2.68. The SMILES string of the molecule is COCCNC(=O)CNC(=O)c1cc(N)cc(Br)c1. The van der Waals surface area contributed by atoms with Crippen LogP contribution in [0.5, 0.6) is 0 Å². The van der Waals surface area contributed by atoms with Gasteiger partial charge in [-0.05, 0) is 18.2 Å². The van der Waals surface area contributed by atoms with Gasteiger partial charge in [-0.1, -0.05) is 15.9 Å². The Kier molecular flexibility index (Phi) is 6.31. The Morgan fingerprint density at radius 2 is 2.05 bits per heavy atom. The Labute approximate surface area is 119 Å². The zero-order chi connectivity index (χ0) is 14.3. The minimum atomic E-state index is -0.352. The summed E-state index contributed by atoms with van der Waals surface area (Å²) in [5.41, 5.74) is 6.51. The topological polar surface area (TPSA) is 93.5 Å². The van der Waals surface area contributed by atoms with E-state index in [1.165, 1.54) is 0 Å². The lowest BCUT2D eigenvalue weighted by atomic mass is 10.2. The second-order valence-corrected chi connectivity index (χ2v) is 4.71. The summed E-state index contributed by atoms with van der Waals surface area (Å²) < 4.78 is 5.50. The average molecular weight is 330 g/mol. The van der Waals surface area contributed by atoms with E-state index in [1.54, 1.807) is 25.3 Å². The second kappa shape index (κ2) is 7.75. The molecule has 1 rings (SSSR count). The van der Waals surface area contributed by atoms with Crippen LogP contribution in [0.25, 0.3) is 0 Å². The Morgan fingerprint density at radius 1 is 1.32 bits per heavy atom. The summed E-state index contributed by atoms with van der Waals surface area (Å²) in [6.45, 7) is 0.756. The van der Waals surface area contributed by atoms with Crippen molar-refractivity contribution in [1.29, 1.82) is 0 Å². The van der Waals surface area contributed by atoms with Gasteiger partial charge in [0, 0.05) is 29.4 Å². The van der Waals surface area contributed by atoms with Crippen molar-refractivity contribution < 1.29 is 14.3 Å². The van der Waals surface area contributed by atoms with Gasteiger partial charge in [0.25, 0.3) is 5.91 Å². The maximum Gasteiger partial charge on any atom is 0.251 e. The van der Waals surface area contributed by atoms with Gasteiger partial charge in [0.1, 0.15) is 0 Å². The molecule has 2 amide bonds. The number of hydrogen-bond donors (Lipinski definition) is 3. The number of anilines is 1. The Balaban J connectivity index is 2.44. The maximum atomic E-state index is 11.8. The molecule has 0 saturated carbocycles. The number of methoxy groups -OCH3 is 1. The molecule has 1 aromatic carbocycles. The van der Waals surface area contributed by atoms with Gasteiger partial charge in [0.2, 0.25) is 5.91 Å². The zero-order valence-electron chi connectivity index (χ0n) is 10.5. The minimum Gasteiger partial charge on any atom is -0.399 e. The number of amides is 2. The summed E-state index contributed by atoms with van der Waals surface area (Å²) in [7, 11) is 1.55. The van der Waals surface area contributed by atoms with Crippen LogP contribution < -0.4 is 16.4 Å². The number of hydrogen-bond acceptors (Lipinski definition) is 4. The summed E-state index contributed by atoms with van der Waals surface area (Å²) in [6.07, 6.45) is 0. The van der Waals surface area contributed by atoms with Gasteiger partial charge in [-0.25, -0.2) is 0 Å². The number of ether oxygens (including phenoxy) is 1. The van der Waals surface area contributed by atoms with E-state index < -0.39 is 0 Å². The molecule has 0 aromatic heterocycles. The number of nitrogens with one attached hydrogen (secondary N) is 2. The van der Waals surface area contributed by atoms with Gasteiger partial charge in [-0.2, -0.15) is 0 Å². The summed E-state index contributed by atoms with van der Waals surface area (Å²) in [6, 6.07) is 4.87. The predicted molar refractivity (Wildman–Crippen MR) is 75.8 cm³/mol. The first-order valence-electron chi connectivity index (χ1n) is 5.63. The van der Waals surface area contributed by atoms with Gasteiger partial charge in [-0.15, -0.1) is 0 Å². The molecular weight excluding hydrogens is 314 g/mol. The highest BCUT2D eigenvalue weighted by atomic mass is 79.9. The predicted octanol–water partition coefficient (Wildman–Crippen LogP) is 0.524. The van der Waals surface area contributed by atoms with Crippen LogP contribution in [0.4, 0.5) is 5.69 Å². The monoisotopic (exact) mass is 329 g/mol. The Hall–Kier alpha value is -1.60. The van der Waals surface area contributed by atoms with Gasteiger partial charge in [0.15, 0.2) is 0 Å². The molecule has 1 aromatic rings. The van der Waals surface area contributed by atoms with Gasteiger partial charge < -0.3 is 21.1 Å². The standard InChI is InChI=1S/C12H16BrN3O3/c1-19-3-2-15-11(17)7-16-12(18)8-4-9(13)6-10(14)5-8/h4-6H,2-3,7,14H2,1H3,(H,15,17)(H,16,18). The van der Waals surface area contributed by atoms with Crippen LogP contribution in [-0.4, -0.2) is 38.6 Å². The molecule has 19 heavy (non-hydrogen) atoms. The zero-order valence-corrected chi connectivity index (χ0v) is 12.1. The average Bonchev–Trinajstić information content (AvgIpc) is 2.35. The van der Waals surface area contributed by atoms with Crippen LogP contribution in [-0.2, 0) is 9.53 Å². The van der Waals surface area contributed by atoms with Crippen molar-refractivity contribution in [2.45, 2.75) is 0 Å². The third-order valence-electron chi connectivity index (χ3n) is 2.22. The van der Waals surface area contributed by atoms with E-state index in [9.17, 15) is 9.59 Å². The number of carbonyl (C=O) groups is 2. The van der Waals surface area contributed by atoms with Crippen LogP contribution >= 0.6 is 15.9 Å². The quantitative estimate of drug-likeness (QED) is 0.524. The van der Waals surface area contributed by atoms with Crippen molar-refractivity contribution in [3.63, 3.8) is 0 Å². The molecule has 0 aliphatic heterocycles. The lowest BCUT2D eigenvalue weighted by molar-refractivity contribution is -0.120. The van der Waals surface area contributed by atoms with Crippen LogP contribution in [0.2, 0.25) is 0 Å². The largest absolute Gasteiger partial charge is 0.399 e. The van der Waals surface area contributed by atoms with E-state index in [1.807, 2.05) is 0 Å². The van der Waals surface area contributed by atoms with Crippen molar-refractivity contribution in [2.24, 2.45) is 0 Å². The lowest BCUT2D eigenvalue weighted by Gasteiger charge is -2.07. The van der Waals surface area contributed by atoms with Gasteiger partial charge >= 0.3 is 0 Å². The molecule has 0 atom stereocenters. The molecule has 0 heterocycles. The highest BCUT2D eigenvalue weighted by Crippen LogP contribution is 2.17. The summed E-state index contributed by atoms with van der Waals surface area (Å²) in [5.74, 6) is -0.622. The van der Waals surface area contributed by atoms with Crippen molar-refractivity contribution in [3.8, 4) is 0 Å². The summed E-state index contributed by atoms with van der Waals surface area (Å²) in [4.78, 5) is 23.2. The molecule has 7 heteroatoms. The molecule has 0 fully saturated rings. The number of nitrogen functional groups attached to an aromatic ring is 1. The Bertz CT molecular complexity index is 445. The number of nitrogens with two attached hydrogens (primary N) is 1. The van der Waals surface area contributed by atoms with E-state index >= 15 is 0 Å². The fourth-order valence-corrected chi connectivity index (χ4v) is 1.87. The molecule has 4 N–H and O–H groups in total. The second-order valence-electron chi connectivity index (χ2n) is 3.80. The van der Waals surface area contributed by atoms with Crippen molar-refractivity contribution in [3.05, 3.63) is 28.2 Å². The lowest BCUT2D eigenvalue weighted by Crippen LogP contribution is -2.38.